The molecule has 0 radical (unpaired) electrons. The van der Waals surface area contributed by atoms with Gasteiger partial charge in [0.15, 0.2) is 0 Å². The van der Waals surface area contributed by atoms with Crippen LogP contribution in [0.4, 0.5) is 0 Å². The van der Waals surface area contributed by atoms with Gasteiger partial charge in [-0.15, -0.1) is 0 Å². The largest absolute Gasteiger partial charge is 0.507 e. The Kier molecular flexibility index (Phi) is 3.60. The molecule has 1 aliphatic rings. The second kappa shape index (κ2) is 5.01. The van der Waals surface area contributed by atoms with E-state index in [2.05, 4.69) is 6.92 Å². The Bertz CT molecular complexity index is 447. The second-order valence-electron chi connectivity index (χ2n) is 5.45. The first-order valence-electron chi connectivity index (χ1n) is 6.51. The van der Waals surface area contributed by atoms with Crippen LogP contribution in [0.15, 0.2) is 12.1 Å². The molecule has 0 aromatic heterocycles. The third-order valence-corrected chi connectivity index (χ3v) is 3.77. The molecule has 1 saturated carbocycles. The van der Waals surface area contributed by atoms with E-state index in [1.807, 2.05) is 13.8 Å². The zero-order chi connectivity index (χ0) is 13.3. The summed E-state index contributed by atoms with van der Waals surface area (Å²) in [5.74, 6) is 2.06. The van der Waals surface area contributed by atoms with E-state index in [9.17, 15) is 9.90 Å². The van der Waals surface area contributed by atoms with E-state index in [0.29, 0.717) is 29.8 Å². The van der Waals surface area contributed by atoms with Gasteiger partial charge in [0.1, 0.15) is 11.5 Å². The van der Waals surface area contributed by atoms with Crippen LogP contribution >= 0.6 is 0 Å². The fourth-order valence-electron chi connectivity index (χ4n) is 2.41. The van der Waals surface area contributed by atoms with Gasteiger partial charge >= 0.3 is 0 Å². The lowest BCUT2D eigenvalue weighted by atomic mass is 9.90. The van der Waals surface area contributed by atoms with Crippen LogP contribution in [-0.2, 0) is 4.79 Å². The lowest BCUT2D eigenvalue weighted by molar-refractivity contribution is -0.120. The highest BCUT2D eigenvalue weighted by atomic mass is 16.5. The molecule has 0 heterocycles. The van der Waals surface area contributed by atoms with Gasteiger partial charge < -0.3 is 9.84 Å². The number of ether oxygens (including phenoxy) is 1. The minimum absolute atomic E-state index is 0.199. The monoisotopic (exact) mass is 248 g/mol. The van der Waals surface area contributed by atoms with Crippen LogP contribution in [-0.4, -0.2) is 11.6 Å². The van der Waals surface area contributed by atoms with E-state index in [1.165, 1.54) is 12.8 Å². The molecule has 1 aromatic rings. The van der Waals surface area contributed by atoms with Crippen molar-refractivity contribution < 1.29 is 14.6 Å². The van der Waals surface area contributed by atoms with Crippen LogP contribution in [0.25, 0.3) is 0 Å². The molecule has 1 aromatic carbocycles. The highest BCUT2D eigenvalue weighted by Crippen LogP contribution is 2.47. The highest BCUT2D eigenvalue weighted by Gasteiger charge is 2.31. The van der Waals surface area contributed by atoms with Crippen LogP contribution in [0.2, 0.25) is 0 Å². The lowest BCUT2D eigenvalue weighted by Crippen LogP contribution is -2.02. The molecule has 0 spiro atoms. The summed E-state index contributed by atoms with van der Waals surface area (Å²) in [6.07, 6.45) is 2.44. The summed E-state index contributed by atoms with van der Waals surface area (Å²) in [4.78, 5) is 10.5. The third-order valence-electron chi connectivity index (χ3n) is 3.77. The minimum atomic E-state index is 0.199. The molecule has 3 heteroatoms. The number of aromatic hydroxyl groups is 1. The summed E-state index contributed by atoms with van der Waals surface area (Å²) in [6, 6.07) is 3.54. The predicted octanol–water partition coefficient (Wildman–Crippen LogP) is 3.56. The van der Waals surface area contributed by atoms with Crippen LogP contribution in [0.3, 0.4) is 0 Å². The maximum Gasteiger partial charge on any atom is 0.298 e. The Morgan fingerprint density at radius 1 is 1.28 bits per heavy atom. The van der Waals surface area contributed by atoms with Crippen LogP contribution in [0.5, 0.6) is 11.5 Å². The number of phenols is 1. The molecule has 0 saturated heterocycles. The quantitative estimate of drug-likeness (QED) is 0.810. The van der Waals surface area contributed by atoms with Crippen molar-refractivity contribution >= 4 is 6.47 Å². The van der Waals surface area contributed by atoms with Gasteiger partial charge in [-0.25, -0.2) is 0 Å². The summed E-state index contributed by atoms with van der Waals surface area (Å²) >= 11 is 0. The Hall–Kier alpha value is -1.51. The smallest absolute Gasteiger partial charge is 0.298 e. The summed E-state index contributed by atoms with van der Waals surface area (Å²) in [5.41, 5.74) is 1.75. The van der Waals surface area contributed by atoms with Crippen molar-refractivity contribution in [3.63, 3.8) is 0 Å². The molecule has 3 nitrogen and oxygen atoms in total. The van der Waals surface area contributed by atoms with Crippen molar-refractivity contribution in [3.8, 4) is 11.5 Å². The van der Waals surface area contributed by atoms with Gasteiger partial charge in [-0.2, -0.15) is 0 Å². The SMILES string of the molecule is CC(C)c1cc(OC=O)cc([C@H](C)C2CC2)c1O. The first-order valence-corrected chi connectivity index (χ1v) is 6.51. The average Bonchev–Trinajstić information content (AvgIpc) is 3.14. The van der Waals surface area contributed by atoms with Crippen molar-refractivity contribution in [2.45, 2.75) is 45.4 Å². The standard InChI is InChI=1S/C15H20O3/c1-9(2)13-6-12(18-8-16)7-14(15(13)17)10(3)11-4-5-11/h6-11,17H,4-5H2,1-3H3/t10-/m1/s1. The average molecular weight is 248 g/mol. The van der Waals surface area contributed by atoms with Crippen molar-refractivity contribution in [1.29, 1.82) is 0 Å². The normalized spacial score (nSPS) is 16.7. The number of carbonyl (C=O) groups is 1. The molecule has 1 atom stereocenters. The molecule has 98 valence electrons. The number of hydrogen-bond acceptors (Lipinski definition) is 3. The molecule has 18 heavy (non-hydrogen) atoms. The van der Waals surface area contributed by atoms with Gasteiger partial charge in [0.05, 0.1) is 0 Å². The topological polar surface area (TPSA) is 46.5 Å². The Morgan fingerprint density at radius 2 is 1.89 bits per heavy atom. The van der Waals surface area contributed by atoms with Gasteiger partial charge in [0.2, 0.25) is 0 Å². The van der Waals surface area contributed by atoms with Crippen molar-refractivity contribution in [3.05, 3.63) is 23.3 Å². The summed E-state index contributed by atoms with van der Waals surface area (Å²) in [6.45, 7) is 6.60. The zero-order valence-electron chi connectivity index (χ0n) is 11.1. The number of phenolic OH excluding ortho intramolecular Hbond substituents is 1. The summed E-state index contributed by atoms with van der Waals surface area (Å²) in [5, 5.41) is 10.4. The van der Waals surface area contributed by atoms with Crippen LogP contribution in [0.1, 0.15) is 56.6 Å². The second-order valence-corrected chi connectivity index (χ2v) is 5.45. The zero-order valence-corrected chi connectivity index (χ0v) is 11.1. The summed E-state index contributed by atoms with van der Waals surface area (Å²) in [7, 11) is 0. The Labute approximate surface area is 108 Å². The molecule has 1 N–H and O–H groups in total. The van der Waals surface area contributed by atoms with Gasteiger partial charge in [-0.05, 0) is 42.7 Å². The first-order chi connectivity index (χ1) is 8.54. The van der Waals surface area contributed by atoms with Gasteiger partial charge in [0.25, 0.3) is 6.47 Å². The Balaban J connectivity index is 2.44. The van der Waals surface area contributed by atoms with E-state index in [4.69, 9.17) is 4.74 Å². The number of hydrogen-bond donors (Lipinski definition) is 1. The summed E-state index contributed by atoms with van der Waals surface area (Å²) < 4.78 is 4.95. The minimum Gasteiger partial charge on any atom is -0.507 e. The van der Waals surface area contributed by atoms with E-state index in [0.717, 1.165) is 11.1 Å². The third kappa shape index (κ3) is 2.50. The predicted molar refractivity (Wildman–Crippen MR) is 70.0 cm³/mol. The molecule has 1 aliphatic carbocycles. The molecule has 0 amide bonds. The lowest BCUT2D eigenvalue weighted by Gasteiger charge is -2.18. The molecule has 0 unspecified atom stereocenters. The van der Waals surface area contributed by atoms with Crippen molar-refractivity contribution in [2.75, 3.05) is 0 Å². The van der Waals surface area contributed by atoms with Crippen molar-refractivity contribution in [1.82, 2.24) is 0 Å². The van der Waals surface area contributed by atoms with E-state index < -0.39 is 0 Å². The maximum atomic E-state index is 10.5. The number of benzene rings is 1. The molecule has 0 bridgehead atoms. The first kappa shape index (κ1) is 12.9. The number of carbonyl (C=O) groups excluding carboxylic acids is 1. The van der Waals surface area contributed by atoms with E-state index in [-0.39, 0.29) is 5.92 Å². The van der Waals surface area contributed by atoms with E-state index >= 15 is 0 Å². The maximum absolute atomic E-state index is 10.5. The highest BCUT2D eigenvalue weighted by molar-refractivity contribution is 5.53. The van der Waals surface area contributed by atoms with Crippen molar-refractivity contribution in [2.24, 2.45) is 5.92 Å². The van der Waals surface area contributed by atoms with E-state index in [1.54, 1.807) is 12.1 Å². The Morgan fingerprint density at radius 3 is 2.39 bits per heavy atom. The van der Waals surface area contributed by atoms with Gasteiger partial charge in [-0.3, -0.25) is 4.79 Å². The number of rotatable bonds is 5. The van der Waals surface area contributed by atoms with Gasteiger partial charge in [0, 0.05) is 11.1 Å². The molecular weight excluding hydrogens is 228 g/mol. The van der Waals surface area contributed by atoms with Crippen LogP contribution < -0.4 is 4.74 Å². The molecule has 1 fully saturated rings. The van der Waals surface area contributed by atoms with Gasteiger partial charge in [-0.1, -0.05) is 20.8 Å². The molecular formula is C15H20O3. The van der Waals surface area contributed by atoms with Crippen LogP contribution in [0, 0.1) is 5.92 Å². The molecule has 0 aliphatic heterocycles. The molecule has 2 rings (SSSR count). The fourth-order valence-corrected chi connectivity index (χ4v) is 2.41. The fraction of sp³-hybridized carbons (Fsp3) is 0.533.